The van der Waals surface area contributed by atoms with E-state index >= 15 is 0 Å². The Morgan fingerprint density at radius 2 is 1.41 bits per heavy atom. The molecule has 0 unspecified atom stereocenters. The molecule has 1 N–H and O–H groups in total. The van der Waals surface area contributed by atoms with Crippen molar-refractivity contribution in [1.29, 1.82) is 0 Å². The van der Waals surface area contributed by atoms with Gasteiger partial charge in [0.2, 0.25) is 0 Å². The number of ether oxygens (including phenoxy) is 2. The van der Waals surface area contributed by atoms with E-state index in [0.717, 1.165) is 0 Å². The molecule has 22 heavy (non-hydrogen) atoms. The molecule has 0 aromatic carbocycles. The average Bonchev–Trinajstić information content (AvgIpc) is 2.29. The Morgan fingerprint density at radius 1 is 0.955 bits per heavy atom. The fraction of sp³-hybridized carbons (Fsp3) is 0.867. The summed E-state index contributed by atoms with van der Waals surface area (Å²) in [6.45, 7) is 10.6. The number of nitrogens with one attached hydrogen (secondary N) is 1. The molecule has 1 amide bonds. The van der Waals surface area contributed by atoms with E-state index in [1.807, 2.05) is 0 Å². The maximum atomic E-state index is 12.3. The Bertz CT molecular complexity index is 371. The van der Waals surface area contributed by atoms with Crippen LogP contribution in [0, 0.1) is 5.92 Å². The van der Waals surface area contributed by atoms with Crippen molar-refractivity contribution in [2.75, 3.05) is 11.5 Å². The van der Waals surface area contributed by atoms with Gasteiger partial charge in [0, 0.05) is 0 Å². The number of esters is 1. The second-order valence-electron chi connectivity index (χ2n) is 7.20. The van der Waals surface area contributed by atoms with E-state index in [2.05, 4.69) is 30.6 Å². The van der Waals surface area contributed by atoms with E-state index in [-0.39, 0.29) is 5.92 Å². The first-order valence-electron chi connectivity index (χ1n) is 7.32. The van der Waals surface area contributed by atoms with Crippen LogP contribution in [-0.4, -0.2) is 40.8 Å². The molecule has 0 rings (SSSR count). The lowest BCUT2D eigenvalue weighted by atomic mass is 10.0. The van der Waals surface area contributed by atoms with Crippen molar-refractivity contribution in [3.8, 4) is 0 Å². The molecular formula is C15H29NO4S2. The predicted molar refractivity (Wildman–Crippen MR) is 94.8 cm³/mol. The van der Waals surface area contributed by atoms with Crippen molar-refractivity contribution < 1.29 is 19.1 Å². The maximum Gasteiger partial charge on any atom is 0.408 e. The highest BCUT2D eigenvalue weighted by Gasteiger charge is 2.30. The summed E-state index contributed by atoms with van der Waals surface area (Å²) in [6, 6.07) is -0.779. The van der Waals surface area contributed by atoms with Gasteiger partial charge in [-0.15, -0.1) is 0 Å². The van der Waals surface area contributed by atoms with E-state index in [1.54, 1.807) is 41.5 Å². The summed E-state index contributed by atoms with van der Waals surface area (Å²) in [7, 11) is 0. The van der Waals surface area contributed by atoms with E-state index < -0.39 is 29.3 Å². The summed E-state index contributed by atoms with van der Waals surface area (Å²) in [4.78, 5) is 24.2. The fourth-order valence-electron chi connectivity index (χ4n) is 1.58. The molecule has 1 atom stereocenters. The largest absolute Gasteiger partial charge is 0.458 e. The van der Waals surface area contributed by atoms with Crippen LogP contribution >= 0.6 is 25.3 Å². The summed E-state index contributed by atoms with van der Waals surface area (Å²) in [5.74, 6) is 0.739. The minimum Gasteiger partial charge on any atom is -0.458 e. The molecule has 0 saturated heterocycles. The molecule has 0 radical (unpaired) electrons. The van der Waals surface area contributed by atoms with Crippen LogP contribution in [0.15, 0.2) is 0 Å². The molecule has 5 nitrogen and oxygen atoms in total. The number of thiol groups is 2. The lowest BCUT2D eigenvalue weighted by molar-refractivity contribution is -0.157. The number of amides is 1. The van der Waals surface area contributed by atoms with E-state index in [0.29, 0.717) is 17.9 Å². The Morgan fingerprint density at radius 3 is 1.77 bits per heavy atom. The number of carbonyl (C=O) groups excluding carboxylic acids is 2. The van der Waals surface area contributed by atoms with Crippen LogP contribution in [0.25, 0.3) is 0 Å². The van der Waals surface area contributed by atoms with Gasteiger partial charge in [0.25, 0.3) is 0 Å². The summed E-state index contributed by atoms with van der Waals surface area (Å²) in [5, 5.41) is 2.59. The SMILES string of the molecule is CC(C)(C)OC(=O)N[C@@H](CC(CS)CS)C(=O)OC(C)(C)C. The zero-order valence-electron chi connectivity index (χ0n) is 14.3. The van der Waals surface area contributed by atoms with Crippen molar-refractivity contribution in [2.24, 2.45) is 5.92 Å². The van der Waals surface area contributed by atoms with Gasteiger partial charge in [0.1, 0.15) is 17.2 Å². The molecule has 130 valence electrons. The van der Waals surface area contributed by atoms with Crippen molar-refractivity contribution in [1.82, 2.24) is 5.32 Å². The summed E-state index contributed by atoms with van der Waals surface area (Å²) in [5.41, 5.74) is -1.25. The van der Waals surface area contributed by atoms with Crippen molar-refractivity contribution in [3.05, 3.63) is 0 Å². The van der Waals surface area contributed by atoms with Crippen LogP contribution in [0.5, 0.6) is 0 Å². The Balaban J connectivity index is 4.93. The van der Waals surface area contributed by atoms with Crippen molar-refractivity contribution >= 4 is 37.3 Å². The number of alkyl carbamates (subject to hydrolysis) is 1. The lowest BCUT2D eigenvalue weighted by Crippen LogP contribution is -2.47. The zero-order chi connectivity index (χ0) is 17.6. The third-order valence-corrected chi connectivity index (χ3v) is 3.50. The number of carbonyl (C=O) groups is 2. The number of rotatable bonds is 6. The number of hydrogen-bond donors (Lipinski definition) is 3. The van der Waals surface area contributed by atoms with Gasteiger partial charge in [0.15, 0.2) is 0 Å². The maximum absolute atomic E-state index is 12.3. The van der Waals surface area contributed by atoms with Gasteiger partial charge in [-0.1, -0.05) is 0 Å². The van der Waals surface area contributed by atoms with Gasteiger partial charge in [-0.05, 0) is 65.4 Å². The van der Waals surface area contributed by atoms with E-state index in [1.165, 1.54) is 0 Å². The van der Waals surface area contributed by atoms with Crippen molar-refractivity contribution in [2.45, 2.75) is 65.2 Å². The van der Waals surface area contributed by atoms with Gasteiger partial charge in [-0.3, -0.25) is 0 Å². The molecule has 0 spiro atoms. The zero-order valence-corrected chi connectivity index (χ0v) is 16.1. The molecule has 0 aromatic heterocycles. The molecule has 0 aliphatic heterocycles. The van der Waals surface area contributed by atoms with Gasteiger partial charge in [-0.25, -0.2) is 9.59 Å². The molecular weight excluding hydrogens is 322 g/mol. The third kappa shape index (κ3) is 10.2. The quantitative estimate of drug-likeness (QED) is 0.508. The Labute approximate surface area is 144 Å². The third-order valence-electron chi connectivity index (χ3n) is 2.47. The van der Waals surface area contributed by atoms with E-state index in [4.69, 9.17) is 9.47 Å². The molecule has 0 aliphatic carbocycles. The molecule has 7 heteroatoms. The van der Waals surface area contributed by atoms with Crippen molar-refractivity contribution in [3.63, 3.8) is 0 Å². The first kappa shape index (κ1) is 21.4. The normalized spacial score (nSPS) is 13.7. The molecule has 0 bridgehead atoms. The highest BCUT2D eigenvalue weighted by atomic mass is 32.1. The number of hydrogen-bond acceptors (Lipinski definition) is 6. The van der Waals surface area contributed by atoms with Crippen LogP contribution in [0.4, 0.5) is 4.79 Å². The summed E-state index contributed by atoms with van der Waals surface area (Å²) < 4.78 is 10.6. The van der Waals surface area contributed by atoms with Crippen LogP contribution in [0.3, 0.4) is 0 Å². The molecule has 0 aliphatic rings. The van der Waals surface area contributed by atoms with Crippen LogP contribution in [0.2, 0.25) is 0 Å². The van der Waals surface area contributed by atoms with E-state index in [9.17, 15) is 9.59 Å². The topological polar surface area (TPSA) is 64.6 Å². The van der Waals surface area contributed by atoms with Gasteiger partial charge < -0.3 is 14.8 Å². The van der Waals surface area contributed by atoms with Gasteiger partial charge in [0.05, 0.1) is 0 Å². The summed E-state index contributed by atoms with van der Waals surface area (Å²) >= 11 is 8.48. The minimum atomic E-state index is -0.779. The first-order valence-corrected chi connectivity index (χ1v) is 8.58. The Hall–Kier alpha value is -0.560. The smallest absolute Gasteiger partial charge is 0.408 e. The monoisotopic (exact) mass is 351 g/mol. The van der Waals surface area contributed by atoms with Crippen LogP contribution < -0.4 is 5.32 Å². The molecule has 0 fully saturated rings. The second kappa shape index (κ2) is 8.91. The lowest BCUT2D eigenvalue weighted by Gasteiger charge is -2.27. The second-order valence-corrected chi connectivity index (χ2v) is 7.93. The molecule has 0 aromatic rings. The van der Waals surface area contributed by atoms with Crippen LogP contribution in [-0.2, 0) is 14.3 Å². The fourth-order valence-corrected chi connectivity index (χ4v) is 2.34. The van der Waals surface area contributed by atoms with Crippen LogP contribution in [0.1, 0.15) is 48.0 Å². The highest BCUT2D eigenvalue weighted by Crippen LogP contribution is 2.16. The molecule has 0 heterocycles. The van der Waals surface area contributed by atoms with Gasteiger partial charge in [-0.2, -0.15) is 25.3 Å². The minimum absolute atomic E-state index is 0.0825. The summed E-state index contributed by atoms with van der Waals surface area (Å²) in [6.07, 6.45) is -0.235. The standard InChI is InChI=1S/C15H29NO4S2/c1-14(2,3)19-12(17)11(7-10(8-21)9-22)16-13(18)20-15(4,5)6/h10-11,21-22H,7-9H2,1-6H3,(H,16,18)/t11-/m0/s1. The highest BCUT2D eigenvalue weighted by molar-refractivity contribution is 7.81. The average molecular weight is 352 g/mol. The van der Waals surface area contributed by atoms with Gasteiger partial charge >= 0.3 is 12.1 Å². The first-order chi connectivity index (χ1) is 9.88. The molecule has 0 saturated carbocycles. The predicted octanol–water partition coefficient (Wildman–Crippen LogP) is 3.09. The Kier molecular flexibility index (Phi) is 8.69.